The molecule has 0 radical (unpaired) electrons. The summed E-state index contributed by atoms with van der Waals surface area (Å²) in [5, 5.41) is 15.1. The van der Waals surface area contributed by atoms with Crippen LogP contribution in [0.5, 0.6) is 0 Å². The molecule has 1 aromatic heterocycles. The maximum atomic E-state index is 14.0. The second-order valence-electron chi connectivity index (χ2n) is 6.07. The number of halogens is 4. The van der Waals surface area contributed by atoms with Crippen molar-refractivity contribution >= 4 is 17.3 Å². The Morgan fingerprint density at radius 3 is 2.53 bits per heavy atom. The number of aromatic nitrogens is 2. The molecule has 0 aliphatic carbocycles. The molecule has 156 valence electrons. The van der Waals surface area contributed by atoms with Gasteiger partial charge < -0.3 is 0 Å². The van der Waals surface area contributed by atoms with E-state index in [2.05, 4.69) is 16.0 Å². The average molecular weight is 423 g/mol. The van der Waals surface area contributed by atoms with Gasteiger partial charge in [0.25, 0.3) is 11.6 Å². The number of carbonyl (C=O) groups excluding carboxylic acids is 1. The summed E-state index contributed by atoms with van der Waals surface area (Å²) >= 11 is 0. The summed E-state index contributed by atoms with van der Waals surface area (Å²) in [5.41, 5.74) is 2.41. The van der Waals surface area contributed by atoms with E-state index in [1.807, 2.05) is 0 Å². The van der Waals surface area contributed by atoms with Crippen molar-refractivity contribution in [3.8, 4) is 5.69 Å². The first-order valence-electron chi connectivity index (χ1n) is 8.31. The molecule has 12 heteroatoms. The van der Waals surface area contributed by atoms with Crippen LogP contribution in [0.1, 0.15) is 21.6 Å². The first kappa shape index (κ1) is 20.8. The van der Waals surface area contributed by atoms with E-state index in [1.165, 1.54) is 36.0 Å². The van der Waals surface area contributed by atoms with Crippen LogP contribution in [0, 0.1) is 22.9 Å². The third-order valence-electron chi connectivity index (χ3n) is 4.17. The van der Waals surface area contributed by atoms with Crippen LogP contribution in [-0.4, -0.2) is 20.6 Å². The molecule has 0 saturated heterocycles. The minimum atomic E-state index is -4.76. The number of hydrogen-bond donors (Lipinski definition) is 2. The van der Waals surface area contributed by atoms with E-state index in [0.717, 1.165) is 6.07 Å². The highest BCUT2D eigenvalue weighted by molar-refractivity contribution is 5.96. The molecule has 3 aromatic rings. The van der Waals surface area contributed by atoms with Crippen LogP contribution in [0.25, 0.3) is 5.69 Å². The van der Waals surface area contributed by atoms with Crippen LogP contribution >= 0.6 is 0 Å². The van der Waals surface area contributed by atoms with Gasteiger partial charge in [-0.3, -0.25) is 25.8 Å². The van der Waals surface area contributed by atoms with Crippen LogP contribution in [0.15, 0.2) is 48.7 Å². The zero-order valence-corrected chi connectivity index (χ0v) is 15.2. The largest absolute Gasteiger partial charge is 0.416 e. The second kappa shape index (κ2) is 7.81. The highest BCUT2D eigenvalue weighted by Gasteiger charge is 2.33. The lowest BCUT2D eigenvalue weighted by Gasteiger charge is -2.11. The van der Waals surface area contributed by atoms with Crippen molar-refractivity contribution in [3.63, 3.8) is 0 Å². The van der Waals surface area contributed by atoms with E-state index >= 15 is 0 Å². The van der Waals surface area contributed by atoms with Gasteiger partial charge in [0, 0.05) is 6.07 Å². The molecule has 2 aromatic carbocycles. The molecule has 0 unspecified atom stereocenters. The molecule has 3 rings (SSSR count). The molecule has 0 saturated carbocycles. The van der Waals surface area contributed by atoms with E-state index in [4.69, 9.17) is 0 Å². The van der Waals surface area contributed by atoms with Crippen molar-refractivity contribution in [3.05, 3.63) is 81.4 Å². The van der Waals surface area contributed by atoms with Crippen molar-refractivity contribution in [2.45, 2.75) is 13.1 Å². The number of amides is 1. The normalized spacial score (nSPS) is 11.2. The fourth-order valence-corrected chi connectivity index (χ4v) is 2.66. The number of benzene rings is 2. The first-order chi connectivity index (χ1) is 14.1. The lowest BCUT2D eigenvalue weighted by molar-refractivity contribution is -0.384. The minimum absolute atomic E-state index is 0.0281. The predicted molar refractivity (Wildman–Crippen MR) is 97.4 cm³/mol. The second-order valence-corrected chi connectivity index (χ2v) is 6.07. The molecule has 1 amide bonds. The van der Waals surface area contributed by atoms with Gasteiger partial charge in [0.1, 0.15) is 17.2 Å². The molecule has 0 bridgehead atoms. The van der Waals surface area contributed by atoms with Gasteiger partial charge in [-0.25, -0.2) is 9.07 Å². The number of nitrogens with one attached hydrogen (secondary N) is 2. The Labute approximate surface area is 166 Å². The Kier molecular flexibility index (Phi) is 5.41. The number of anilines is 1. The van der Waals surface area contributed by atoms with E-state index in [9.17, 15) is 32.5 Å². The summed E-state index contributed by atoms with van der Waals surface area (Å²) in [7, 11) is 0. The summed E-state index contributed by atoms with van der Waals surface area (Å²) in [6.07, 6.45) is -3.59. The third-order valence-corrected chi connectivity index (χ3v) is 4.17. The Bertz CT molecular complexity index is 1130. The molecule has 2 N–H and O–H groups in total. The van der Waals surface area contributed by atoms with Gasteiger partial charge in [-0.2, -0.15) is 18.3 Å². The number of carbonyl (C=O) groups is 1. The van der Waals surface area contributed by atoms with E-state index in [0.29, 0.717) is 12.1 Å². The number of rotatable bonds is 5. The maximum absolute atomic E-state index is 14.0. The average Bonchev–Trinajstić information content (AvgIpc) is 3.06. The van der Waals surface area contributed by atoms with Gasteiger partial charge in [0.05, 0.1) is 27.9 Å². The van der Waals surface area contributed by atoms with E-state index in [-0.39, 0.29) is 22.6 Å². The lowest BCUT2D eigenvalue weighted by Crippen LogP contribution is -2.30. The quantitative estimate of drug-likeness (QED) is 0.367. The number of hydrazine groups is 1. The molecule has 8 nitrogen and oxygen atoms in total. The lowest BCUT2D eigenvalue weighted by atomic mass is 10.1. The Morgan fingerprint density at radius 2 is 1.90 bits per heavy atom. The van der Waals surface area contributed by atoms with Crippen LogP contribution in [0.4, 0.5) is 28.9 Å². The highest BCUT2D eigenvalue weighted by atomic mass is 19.4. The van der Waals surface area contributed by atoms with Gasteiger partial charge in [0.2, 0.25) is 0 Å². The number of nitro groups is 1. The molecule has 0 fully saturated rings. The molecular formula is C18H13F4N5O3. The van der Waals surface area contributed by atoms with Crippen molar-refractivity contribution in [1.82, 2.24) is 15.2 Å². The third kappa shape index (κ3) is 4.06. The number of nitrogens with zero attached hydrogens (tertiary/aromatic N) is 3. The Morgan fingerprint density at radius 1 is 1.20 bits per heavy atom. The number of para-hydroxylation sites is 1. The van der Waals surface area contributed by atoms with Crippen molar-refractivity contribution in [2.75, 3.05) is 5.43 Å². The fourth-order valence-electron chi connectivity index (χ4n) is 2.66. The molecule has 30 heavy (non-hydrogen) atoms. The molecule has 0 spiro atoms. The molecular weight excluding hydrogens is 410 g/mol. The zero-order chi connectivity index (χ0) is 22.1. The fraction of sp³-hybridized carbons (Fsp3) is 0.111. The molecule has 1 heterocycles. The van der Waals surface area contributed by atoms with Gasteiger partial charge in [-0.05, 0) is 31.2 Å². The summed E-state index contributed by atoms with van der Waals surface area (Å²) in [4.78, 5) is 22.5. The van der Waals surface area contributed by atoms with Crippen LogP contribution < -0.4 is 10.9 Å². The monoisotopic (exact) mass is 423 g/mol. The molecule has 0 atom stereocenters. The van der Waals surface area contributed by atoms with Crippen molar-refractivity contribution < 1.29 is 27.3 Å². The molecule has 0 aliphatic heterocycles. The summed E-state index contributed by atoms with van der Waals surface area (Å²) in [6, 6.07) is 7.59. The van der Waals surface area contributed by atoms with Gasteiger partial charge >= 0.3 is 6.18 Å². The number of nitro benzene ring substituents is 1. The summed E-state index contributed by atoms with van der Waals surface area (Å²) in [6.45, 7) is 1.51. The van der Waals surface area contributed by atoms with Crippen molar-refractivity contribution in [2.24, 2.45) is 0 Å². The smallest absolute Gasteiger partial charge is 0.292 e. The highest BCUT2D eigenvalue weighted by Crippen LogP contribution is 2.34. The summed E-state index contributed by atoms with van der Waals surface area (Å²) < 4.78 is 53.4. The Balaban J connectivity index is 1.82. The standard InChI is InChI=1S/C18H13F4N5O3/c1-10-12(9-23-26(10)15-5-3-2-4-13(15)19)17(28)25-24-14-7-6-11(18(20,21)22)8-16(14)27(29)30/h2-9,24H,1H3,(H,25,28). The Hall–Kier alpha value is -3.96. The van der Waals surface area contributed by atoms with Gasteiger partial charge in [-0.1, -0.05) is 12.1 Å². The number of alkyl halides is 3. The van der Waals surface area contributed by atoms with Crippen LogP contribution in [0.2, 0.25) is 0 Å². The van der Waals surface area contributed by atoms with Gasteiger partial charge in [-0.15, -0.1) is 0 Å². The minimum Gasteiger partial charge on any atom is -0.292 e. The first-order valence-corrected chi connectivity index (χ1v) is 8.31. The SMILES string of the molecule is Cc1c(C(=O)NNc2ccc(C(F)(F)F)cc2[N+](=O)[O-])cnn1-c1ccccc1F. The van der Waals surface area contributed by atoms with Crippen molar-refractivity contribution in [1.29, 1.82) is 0 Å². The predicted octanol–water partition coefficient (Wildman–Crippen LogP) is 4.00. The topological polar surface area (TPSA) is 102 Å². The summed E-state index contributed by atoms with van der Waals surface area (Å²) in [5.74, 6) is -1.33. The van der Waals surface area contributed by atoms with E-state index in [1.54, 1.807) is 6.07 Å². The molecule has 0 aliphatic rings. The zero-order valence-electron chi connectivity index (χ0n) is 15.2. The van der Waals surface area contributed by atoms with Crippen LogP contribution in [-0.2, 0) is 6.18 Å². The number of hydrogen-bond acceptors (Lipinski definition) is 5. The van der Waals surface area contributed by atoms with E-state index < -0.39 is 34.1 Å². The van der Waals surface area contributed by atoms with Crippen LogP contribution in [0.3, 0.4) is 0 Å². The van der Waals surface area contributed by atoms with Gasteiger partial charge in [0.15, 0.2) is 0 Å². The maximum Gasteiger partial charge on any atom is 0.416 e.